The van der Waals surface area contributed by atoms with Crippen LogP contribution in [0.5, 0.6) is 0 Å². The Balaban J connectivity index is 0.000000254. The van der Waals surface area contributed by atoms with Gasteiger partial charge in [-0.05, 0) is 25.7 Å². The smallest absolute Gasteiger partial charge is 0.772 e. The van der Waals surface area contributed by atoms with Gasteiger partial charge in [-0.3, -0.25) is 0 Å². The molecule has 2 aliphatic heterocycles. The minimum Gasteiger partial charge on any atom is -0.772 e. The Morgan fingerprint density at radius 3 is 0.935 bits per heavy atom. The Labute approximate surface area is 205 Å². The molecule has 2 heterocycles. The molecule has 5 rings (SSSR count). The normalized spacial score (nSPS) is 15.0. The summed E-state index contributed by atoms with van der Waals surface area (Å²) < 4.78 is 9.35. The van der Waals surface area contributed by atoms with Crippen molar-refractivity contribution in [2.75, 3.05) is 26.4 Å². The van der Waals surface area contributed by atoms with Crippen LogP contribution in [0.2, 0.25) is 0 Å². The van der Waals surface area contributed by atoms with Crippen LogP contribution < -0.4 is 18.9 Å². The van der Waals surface area contributed by atoms with Crippen LogP contribution in [0.15, 0.2) is 91.0 Å². The average Bonchev–Trinajstić information content (AvgIpc) is 3.60. The molecule has 0 aliphatic carbocycles. The maximum Gasteiger partial charge on any atom is 1.00 e. The molecule has 0 unspecified atom stereocenters. The molecule has 158 valence electrons. The standard InChI is InChI=1S/C19H16S.2C4H8O.Li/c20-19(16-10-4-1-5-11-16,17-12-6-2-7-13-17)18-14-8-3-9-15-18;2*1-2-4-5-3-1;/h1-15,20H;2*1-4H2;/q;;;+1/p-1. The van der Waals surface area contributed by atoms with E-state index in [4.69, 9.17) is 22.1 Å². The van der Waals surface area contributed by atoms with Crippen molar-refractivity contribution in [3.05, 3.63) is 108 Å². The van der Waals surface area contributed by atoms with Gasteiger partial charge >= 0.3 is 18.9 Å². The van der Waals surface area contributed by atoms with Crippen molar-refractivity contribution in [3.63, 3.8) is 0 Å². The number of ether oxygens (including phenoxy) is 2. The summed E-state index contributed by atoms with van der Waals surface area (Å²) in [6.07, 6.45) is 5.11. The fraction of sp³-hybridized carbons (Fsp3) is 0.333. The van der Waals surface area contributed by atoms with Crippen molar-refractivity contribution < 1.29 is 28.3 Å². The Kier molecular flexibility index (Phi) is 12.1. The van der Waals surface area contributed by atoms with Gasteiger partial charge in [0.15, 0.2) is 0 Å². The van der Waals surface area contributed by atoms with Crippen molar-refractivity contribution in [1.82, 2.24) is 0 Å². The summed E-state index contributed by atoms with van der Waals surface area (Å²) >= 11 is 6.10. The summed E-state index contributed by atoms with van der Waals surface area (Å²) in [7, 11) is 0. The third-order valence-corrected chi connectivity index (χ3v) is 5.90. The molecule has 2 nitrogen and oxygen atoms in total. The molecule has 0 N–H and O–H groups in total. The maximum absolute atomic E-state index is 6.10. The molecule has 3 aromatic rings. The van der Waals surface area contributed by atoms with Crippen molar-refractivity contribution in [2.45, 2.75) is 30.4 Å². The van der Waals surface area contributed by atoms with E-state index in [2.05, 4.69) is 36.4 Å². The van der Waals surface area contributed by atoms with E-state index in [0.29, 0.717) is 0 Å². The van der Waals surface area contributed by atoms with Crippen LogP contribution in [0.1, 0.15) is 42.4 Å². The van der Waals surface area contributed by atoms with Gasteiger partial charge in [0.25, 0.3) is 0 Å². The van der Waals surface area contributed by atoms with Gasteiger partial charge < -0.3 is 22.1 Å². The molecular formula is C27H31LiO2S. The maximum atomic E-state index is 6.10. The van der Waals surface area contributed by atoms with Crippen LogP contribution in [0.25, 0.3) is 0 Å². The van der Waals surface area contributed by atoms with Gasteiger partial charge in [0.2, 0.25) is 0 Å². The van der Waals surface area contributed by atoms with Crippen LogP contribution in [0.3, 0.4) is 0 Å². The molecule has 4 heteroatoms. The predicted molar refractivity (Wildman–Crippen MR) is 127 cm³/mol. The zero-order valence-corrected chi connectivity index (χ0v) is 19.4. The Hall–Kier alpha value is -1.47. The number of benzene rings is 3. The van der Waals surface area contributed by atoms with Crippen LogP contribution >= 0.6 is 0 Å². The minimum absolute atomic E-state index is 0. The zero-order chi connectivity index (χ0) is 20.9. The SMILES string of the molecule is C1CCOC1.C1CCOC1.[Li+].[S-]C(c1ccccc1)(c1ccccc1)c1ccccc1. The van der Waals surface area contributed by atoms with Crippen molar-refractivity contribution in [1.29, 1.82) is 0 Å². The first-order chi connectivity index (χ1) is 14.8. The summed E-state index contributed by atoms with van der Waals surface area (Å²) in [5.74, 6) is 0. The third kappa shape index (κ3) is 7.86. The van der Waals surface area contributed by atoms with E-state index in [1.54, 1.807) is 0 Å². The molecule has 0 bridgehead atoms. The largest absolute Gasteiger partial charge is 1.00 e. The average molecular weight is 427 g/mol. The summed E-state index contributed by atoms with van der Waals surface area (Å²) in [6, 6.07) is 31.0. The molecule has 0 amide bonds. The van der Waals surface area contributed by atoms with E-state index in [0.717, 1.165) is 43.1 Å². The first-order valence-electron chi connectivity index (χ1n) is 10.8. The summed E-state index contributed by atoms with van der Waals surface area (Å²) in [5.41, 5.74) is 3.40. The molecule has 0 saturated carbocycles. The molecule has 2 aliphatic rings. The first kappa shape index (κ1) is 25.8. The monoisotopic (exact) mass is 426 g/mol. The second kappa shape index (κ2) is 14.6. The molecule has 3 aromatic carbocycles. The predicted octanol–water partition coefficient (Wildman–Crippen LogP) is 3.12. The fourth-order valence-electron chi connectivity index (χ4n) is 3.54. The van der Waals surface area contributed by atoms with Crippen LogP contribution in [0.4, 0.5) is 0 Å². The molecule has 0 radical (unpaired) electrons. The van der Waals surface area contributed by atoms with E-state index in [9.17, 15) is 0 Å². The van der Waals surface area contributed by atoms with E-state index in [1.165, 1.54) is 25.7 Å². The Morgan fingerprint density at radius 1 is 0.484 bits per heavy atom. The molecule has 2 fully saturated rings. The Bertz CT molecular complexity index is 698. The van der Waals surface area contributed by atoms with E-state index in [-0.39, 0.29) is 18.9 Å². The van der Waals surface area contributed by atoms with Crippen LogP contribution in [0, 0.1) is 0 Å². The van der Waals surface area contributed by atoms with Gasteiger partial charge in [-0.15, -0.1) is 0 Å². The molecule has 31 heavy (non-hydrogen) atoms. The second-order valence-electron chi connectivity index (χ2n) is 7.42. The Morgan fingerprint density at radius 2 is 0.742 bits per heavy atom. The van der Waals surface area contributed by atoms with E-state index < -0.39 is 4.75 Å². The van der Waals surface area contributed by atoms with Gasteiger partial charge in [-0.2, -0.15) is 0 Å². The topological polar surface area (TPSA) is 18.5 Å². The van der Waals surface area contributed by atoms with Gasteiger partial charge in [0.05, 0.1) is 0 Å². The molecule has 2 saturated heterocycles. The third-order valence-electron chi connectivity index (χ3n) is 5.20. The van der Waals surface area contributed by atoms with Gasteiger partial charge in [-0.25, -0.2) is 0 Å². The number of hydrogen-bond donors (Lipinski definition) is 0. The van der Waals surface area contributed by atoms with Gasteiger partial charge in [0.1, 0.15) is 0 Å². The van der Waals surface area contributed by atoms with Crippen molar-refractivity contribution in [3.8, 4) is 0 Å². The van der Waals surface area contributed by atoms with Gasteiger partial charge in [-0.1, -0.05) is 112 Å². The summed E-state index contributed by atoms with van der Waals surface area (Å²) in [5, 5.41) is 0. The zero-order valence-electron chi connectivity index (χ0n) is 18.5. The molecule has 0 aromatic heterocycles. The van der Waals surface area contributed by atoms with E-state index in [1.807, 2.05) is 54.6 Å². The summed E-state index contributed by atoms with van der Waals surface area (Å²) in [4.78, 5) is 0. The van der Waals surface area contributed by atoms with Gasteiger partial charge in [0, 0.05) is 26.4 Å². The molecule has 0 spiro atoms. The second-order valence-corrected chi connectivity index (χ2v) is 8.03. The fourth-order valence-corrected chi connectivity index (χ4v) is 3.95. The van der Waals surface area contributed by atoms with Crippen molar-refractivity contribution in [2.24, 2.45) is 0 Å². The number of rotatable bonds is 3. The first-order valence-corrected chi connectivity index (χ1v) is 11.2. The quantitative estimate of drug-likeness (QED) is 0.364. The van der Waals surface area contributed by atoms with Crippen LogP contribution in [-0.2, 0) is 26.8 Å². The molecule has 0 atom stereocenters. The van der Waals surface area contributed by atoms with Crippen molar-refractivity contribution >= 4 is 12.6 Å². The van der Waals surface area contributed by atoms with Crippen LogP contribution in [-0.4, -0.2) is 26.4 Å². The molecular weight excluding hydrogens is 395 g/mol. The van der Waals surface area contributed by atoms with E-state index >= 15 is 0 Å². The number of hydrogen-bond acceptors (Lipinski definition) is 3. The minimum atomic E-state index is -0.538. The summed E-state index contributed by atoms with van der Waals surface area (Å²) in [6.45, 7) is 4.00.